The fraction of sp³-hybridized carbons (Fsp3) is 0.0870. The van der Waals surface area contributed by atoms with Crippen molar-refractivity contribution >= 4 is 33.0 Å². The van der Waals surface area contributed by atoms with Crippen LogP contribution in [0.2, 0.25) is 0 Å². The summed E-state index contributed by atoms with van der Waals surface area (Å²) in [4.78, 5) is 22.4. The molecule has 0 atom stereocenters. The number of hydrogen-bond acceptors (Lipinski definition) is 6. The first-order valence-electron chi connectivity index (χ1n) is 9.99. The number of nitrogens with one attached hydrogen (secondary N) is 1. The van der Waals surface area contributed by atoms with Gasteiger partial charge >= 0.3 is 0 Å². The second-order valence-corrected chi connectivity index (χ2v) is 10.4. The molecule has 0 unspecified atom stereocenters. The Hall–Kier alpha value is -3.70. The van der Waals surface area contributed by atoms with Gasteiger partial charge < -0.3 is 4.90 Å². The monoisotopic (exact) mass is 498 g/mol. The van der Waals surface area contributed by atoms with Crippen LogP contribution in [-0.2, 0) is 16.6 Å². The fourth-order valence-corrected chi connectivity index (χ4v) is 5.66. The van der Waals surface area contributed by atoms with E-state index in [1.165, 1.54) is 17.5 Å². The van der Waals surface area contributed by atoms with Gasteiger partial charge in [0, 0.05) is 48.7 Å². The van der Waals surface area contributed by atoms with Crippen LogP contribution in [0.15, 0.2) is 66.0 Å². The molecule has 0 bridgehead atoms. The van der Waals surface area contributed by atoms with Crippen molar-refractivity contribution in [1.82, 2.24) is 14.9 Å². The average molecular weight is 499 g/mol. The van der Waals surface area contributed by atoms with E-state index in [2.05, 4.69) is 14.7 Å². The lowest BCUT2D eigenvalue weighted by atomic mass is 10.1. The zero-order valence-corrected chi connectivity index (χ0v) is 19.3. The van der Waals surface area contributed by atoms with Gasteiger partial charge in [-0.25, -0.2) is 22.2 Å². The summed E-state index contributed by atoms with van der Waals surface area (Å²) in [6.45, 7) is 0.543. The first-order chi connectivity index (χ1) is 16.2. The predicted octanol–water partition coefficient (Wildman–Crippen LogP) is 4.54. The third-order valence-corrected chi connectivity index (χ3v) is 7.81. The third kappa shape index (κ3) is 4.03. The van der Waals surface area contributed by atoms with Gasteiger partial charge in [0.25, 0.3) is 15.9 Å². The van der Waals surface area contributed by atoms with Crippen molar-refractivity contribution in [2.75, 3.05) is 11.8 Å². The summed E-state index contributed by atoms with van der Waals surface area (Å²) in [6, 6.07) is 9.38. The molecule has 0 radical (unpaired) electrons. The zero-order chi connectivity index (χ0) is 24.0. The zero-order valence-electron chi connectivity index (χ0n) is 17.6. The Morgan fingerprint density at radius 1 is 1.03 bits per heavy atom. The molecule has 1 aliphatic rings. The van der Waals surface area contributed by atoms with Crippen molar-refractivity contribution in [2.45, 2.75) is 11.4 Å². The van der Waals surface area contributed by atoms with E-state index in [0.29, 0.717) is 23.7 Å². The number of fused-ring (bicyclic) bond motifs is 1. The normalized spacial score (nSPS) is 13.3. The van der Waals surface area contributed by atoms with Gasteiger partial charge in [-0.3, -0.25) is 14.5 Å². The molecule has 11 heteroatoms. The molecule has 7 nitrogen and oxygen atoms in total. The van der Waals surface area contributed by atoms with Gasteiger partial charge in [0.05, 0.1) is 16.8 Å². The lowest BCUT2D eigenvalue weighted by Gasteiger charge is -2.09. The van der Waals surface area contributed by atoms with Crippen molar-refractivity contribution in [2.24, 2.45) is 0 Å². The molecule has 0 aliphatic carbocycles. The lowest BCUT2D eigenvalue weighted by molar-refractivity contribution is 0.0816. The van der Waals surface area contributed by atoms with E-state index in [1.54, 1.807) is 36.5 Å². The Morgan fingerprint density at radius 2 is 1.85 bits per heavy atom. The molecule has 0 spiro atoms. The van der Waals surface area contributed by atoms with Crippen LogP contribution in [0.3, 0.4) is 0 Å². The summed E-state index contributed by atoms with van der Waals surface area (Å²) < 4.78 is 54.5. The Morgan fingerprint density at radius 3 is 2.65 bits per heavy atom. The molecule has 34 heavy (non-hydrogen) atoms. The van der Waals surface area contributed by atoms with Gasteiger partial charge in [0.2, 0.25) is 0 Å². The number of pyridine rings is 1. The van der Waals surface area contributed by atoms with Crippen LogP contribution in [0, 0.1) is 11.6 Å². The highest BCUT2D eigenvalue weighted by atomic mass is 32.2. The van der Waals surface area contributed by atoms with Crippen LogP contribution in [0.25, 0.3) is 21.0 Å². The molecule has 172 valence electrons. The van der Waals surface area contributed by atoms with Gasteiger partial charge in [-0.05, 0) is 35.9 Å². The van der Waals surface area contributed by atoms with Gasteiger partial charge in [0.15, 0.2) is 0 Å². The minimum atomic E-state index is -4.29. The smallest absolute Gasteiger partial charge is 0.264 e. The van der Waals surface area contributed by atoms with Crippen molar-refractivity contribution in [1.29, 1.82) is 0 Å². The van der Waals surface area contributed by atoms with Gasteiger partial charge in [-0.1, -0.05) is 6.07 Å². The van der Waals surface area contributed by atoms with Gasteiger partial charge in [-0.15, -0.1) is 11.3 Å². The van der Waals surface area contributed by atoms with E-state index in [9.17, 15) is 22.0 Å². The summed E-state index contributed by atoms with van der Waals surface area (Å²) in [5.41, 5.74) is 3.22. The molecule has 5 rings (SSSR count). The third-order valence-electron chi connectivity index (χ3n) is 5.30. The summed E-state index contributed by atoms with van der Waals surface area (Å²) in [7, 11) is -2.54. The Kier molecular flexibility index (Phi) is 5.37. The number of sulfonamides is 1. The lowest BCUT2D eigenvalue weighted by Crippen LogP contribution is -2.17. The highest BCUT2D eigenvalue weighted by Gasteiger charge is 2.25. The molecule has 1 aliphatic heterocycles. The molecule has 0 saturated carbocycles. The van der Waals surface area contributed by atoms with Crippen molar-refractivity contribution in [3.63, 3.8) is 0 Å². The minimum absolute atomic E-state index is 0.00719. The maximum Gasteiger partial charge on any atom is 0.264 e. The molecule has 1 amide bonds. The van der Waals surface area contributed by atoms with E-state index in [1.807, 2.05) is 12.1 Å². The molecule has 1 N–H and O–H groups in total. The maximum absolute atomic E-state index is 14.0. The number of aromatic nitrogens is 2. The van der Waals surface area contributed by atoms with Crippen LogP contribution < -0.4 is 4.72 Å². The number of anilines is 1. The van der Waals surface area contributed by atoms with Crippen molar-refractivity contribution in [3.8, 4) is 21.0 Å². The van der Waals surface area contributed by atoms with E-state index in [4.69, 9.17) is 0 Å². The van der Waals surface area contributed by atoms with Crippen LogP contribution in [-0.4, -0.2) is 36.2 Å². The fourth-order valence-electron chi connectivity index (χ4n) is 3.67. The number of thiazole rings is 1. The molecular formula is C23H16F2N4O3S2. The number of hydrogen-bond donors (Lipinski definition) is 1. The van der Waals surface area contributed by atoms with Crippen LogP contribution >= 0.6 is 11.3 Å². The molecular weight excluding hydrogens is 482 g/mol. The number of halogens is 2. The van der Waals surface area contributed by atoms with E-state index in [0.717, 1.165) is 33.1 Å². The number of amides is 1. The van der Waals surface area contributed by atoms with Gasteiger partial charge in [0.1, 0.15) is 21.5 Å². The SMILES string of the molecule is CN1Cc2cc(-c3ncc(-c4cncc(NS(=O)(=O)c5ccc(F)cc5F)c4)s3)ccc2C1=O. The number of carbonyl (C=O) groups excluding carboxylic acids is 1. The number of benzene rings is 2. The number of rotatable bonds is 5. The first-order valence-corrected chi connectivity index (χ1v) is 12.3. The largest absolute Gasteiger partial charge is 0.337 e. The molecule has 2 aromatic carbocycles. The average Bonchev–Trinajstić information content (AvgIpc) is 3.38. The molecule has 0 saturated heterocycles. The Bertz CT molecular complexity index is 1550. The highest BCUT2D eigenvalue weighted by Crippen LogP contribution is 2.35. The number of nitrogens with zero attached hydrogens (tertiary/aromatic N) is 3. The van der Waals surface area contributed by atoms with Gasteiger partial charge in [-0.2, -0.15) is 0 Å². The molecule has 2 aromatic heterocycles. The van der Waals surface area contributed by atoms with E-state index in [-0.39, 0.29) is 11.6 Å². The molecule has 3 heterocycles. The maximum atomic E-state index is 14.0. The topological polar surface area (TPSA) is 92.3 Å². The number of carbonyl (C=O) groups is 1. The Labute approximate surface area is 197 Å². The minimum Gasteiger partial charge on any atom is -0.337 e. The van der Waals surface area contributed by atoms with E-state index >= 15 is 0 Å². The second-order valence-electron chi connectivity index (χ2n) is 7.71. The Balaban J connectivity index is 1.41. The first kappa shape index (κ1) is 22.1. The predicted molar refractivity (Wildman–Crippen MR) is 124 cm³/mol. The van der Waals surface area contributed by atoms with Crippen molar-refractivity contribution in [3.05, 3.63) is 83.8 Å². The quantitative estimate of drug-likeness (QED) is 0.436. The standard InChI is InChI=1S/C23H16F2N4O3S2/c1-29-12-15-6-13(2-4-18(15)23(29)30)22-27-11-20(33-22)14-7-17(10-26-9-14)28-34(31,32)21-5-3-16(24)8-19(21)25/h2-11,28H,12H2,1H3. The second kappa shape index (κ2) is 8.26. The van der Waals surface area contributed by atoms with Crippen LogP contribution in [0.5, 0.6) is 0 Å². The molecule has 4 aromatic rings. The van der Waals surface area contributed by atoms with Crippen molar-refractivity contribution < 1.29 is 22.0 Å². The summed E-state index contributed by atoms with van der Waals surface area (Å²) in [5.74, 6) is -2.07. The van der Waals surface area contributed by atoms with Crippen LogP contribution in [0.1, 0.15) is 15.9 Å². The van der Waals surface area contributed by atoms with E-state index < -0.39 is 26.6 Å². The summed E-state index contributed by atoms with van der Waals surface area (Å²) >= 11 is 1.38. The summed E-state index contributed by atoms with van der Waals surface area (Å²) in [5, 5.41) is 0.735. The summed E-state index contributed by atoms with van der Waals surface area (Å²) in [6.07, 6.45) is 4.50. The molecule has 0 fully saturated rings. The highest BCUT2D eigenvalue weighted by molar-refractivity contribution is 7.92. The van der Waals surface area contributed by atoms with Crippen LogP contribution in [0.4, 0.5) is 14.5 Å².